The van der Waals surface area contributed by atoms with E-state index < -0.39 is 0 Å². The molecule has 3 nitrogen and oxygen atoms in total. The van der Waals surface area contributed by atoms with Gasteiger partial charge in [-0.3, -0.25) is 11.3 Å². The van der Waals surface area contributed by atoms with Gasteiger partial charge < -0.3 is 4.74 Å². The van der Waals surface area contributed by atoms with Crippen LogP contribution in [0.25, 0.3) is 0 Å². The normalized spacial score (nSPS) is 12.7. The Bertz CT molecular complexity index is 286. The van der Waals surface area contributed by atoms with E-state index in [4.69, 9.17) is 10.6 Å². The van der Waals surface area contributed by atoms with Gasteiger partial charge in [0.05, 0.1) is 6.61 Å². The van der Waals surface area contributed by atoms with E-state index in [1.807, 2.05) is 30.3 Å². The molecule has 17 heavy (non-hydrogen) atoms. The Hall–Kier alpha value is -1.06. The van der Waals surface area contributed by atoms with Gasteiger partial charge in [-0.25, -0.2) is 0 Å². The fourth-order valence-corrected chi connectivity index (χ4v) is 2.13. The van der Waals surface area contributed by atoms with Crippen LogP contribution in [0.2, 0.25) is 0 Å². The van der Waals surface area contributed by atoms with Crippen LogP contribution < -0.4 is 16.0 Å². The van der Waals surface area contributed by atoms with Gasteiger partial charge in [0.25, 0.3) is 0 Å². The van der Waals surface area contributed by atoms with Gasteiger partial charge in [-0.1, -0.05) is 44.9 Å². The Kier molecular flexibility index (Phi) is 6.67. The SMILES string of the molecule is CCC(CC)C(CCOc1ccccc1)NN. The first kappa shape index (κ1) is 14.0. The maximum absolute atomic E-state index is 5.68. The summed E-state index contributed by atoms with van der Waals surface area (Å²) in [6.45, 7) is 5.11. The third kappa shape index (κ3) is 4.75. The summed E-state index contributed by atoms with van der Waals surface area (Å²) in [4.78, 5) is 0. The standard InChI is InChI=1S/C14H24N2O/c1-3-12(4-2)14(16-15)10-11-17-13-8-6-5-7-9-13/h5-9,12,14,16H,3-4,10-11,15H2,1-2H3. The molecule has 0 bridgehead atoms. The Morgan fingerprint density at radius 3 is 2.35 bits per heavy atom. The molecule has 0 aliphatic rings. The van der Waals surface area contributed by atoms with Crippen molar-refractivity contribution in [2.45, 2.75) is 39.2 Å². The molecule has 1 atom stereocenters. The predicted octanol–water partition coefficient (Wildman–Crippen LogP) is 2.72. The monoisotopic (exact) mass is 236 g/mol. The zero-order valence-electron chi connectivity index (χ0n) is 10.9. The minimum absolute atomic E-state index is 0.341. The molecule has 1 aromatic rings. The molecule has 0 aliphatic heterocycles. The highest BCUT2D eigenvalue weighted by Crippen LogP contribution is 2.16. The van der Waals surface area contributed by atoms with Crippen molar-refractivity contribution < 1.29 is 4.74 Å². The lowest BCUT2D eigenvalue weighted by Gasteiger charge is -2.24. The fraction of sp³-hybridized carbons (Fsp3) is 0.571. The summed E-state index contributed by atoms with van der Waals surface area (Å²) in [5.41, 5.74) is 2.91. The fourth-order valence-electron chi connectivity index (χ4n) is 2.13. The van der Waals surface area contributed by atoms with Gasteiger partial charge in [0.2, 0.25) is 0 Å². The highest BCUT2D eigenvalue weighted by atomic mass is 16.5. The Labute approximate surface area is 104 Å². The number of para-hydroxylation sites is 1. The zero-order chi connectivity index (χ0) is 12.5. The Morgan fingerprint density at radius 1 is 1.18 bits per heavy atom. The van der Waals surface area contributed by atoms with E-state index >= 15 is 0 Å². The molecule has 0 fully saturated rings. The van der Waals surface area contributed by atoms with E-state index in [0.717, 1.165) is 25.0 Å². The maximum atomic E-state index is 5.68. The Morgan fingerprint density at radius 2 is 1.82 bits per heavy atom. The van der Waals surface area contributed by atoms with Crippen molar-refractivity contribution in [3.05, 3.63) is 30.3 Å². The third-order valence-electron chi connectivity index (χ3n) is 3.27. The maximum Gasteiger partial charge on any atom is 0.119 e. The van der Waals surface area contributed by atoms with Crippen molar-refractivity contribution in [1.82, 2.24) is 5.43 Å². The number of hydrogen-bond donors (Lipinski definition) is 2. The summed E-state index contributed by atoms with van der Waals surface area (Å²) < 4.78 is 5.68. The van der Waals surface area contributed by atoms with E-state index in [1.54, 1.807) is 0 Å². The lowest BCUT2D eigenvalue weighted by atomic mass is 9.92. The van der Waals surface area contributed by atoms with Gasteiger partial charge in [0.15, 0.2) is 0 Å². The molecule has 0 heterocycles. The smallest absolute Gasteiger partial charge is 0.119 e. The summed E-state index contributed by atoms with van der Waals surface area (Å²) in [6, 6.07) is 10.2. The topological polar surface area (TPSA) is 47.3 Å². The van der Waals surface area contributed by atoms with Crippen molar-refractivity contribution in [1.29, 1.82) is 0 Å². The molecule has 3 N–H and O–H groups in total. The molecule has 0 radical (unpaired) electrons. The second kappa shape index (κ2) is 8.09. The van der Waals surface area contributed by atoms with Crippen LogP contribution in [0.1, 0.15) is 33.1 Å². The summed E-state index contributed by atoms with van der Waals surface area (Å²) in [5, 5.41) is 0. The number of rotatable bonds is 8. The van der Waals surface area contributed by atoms with Crippen LogP contribution >= 0.6 is 0 Å². The van der Waals surface area contributed by atoms with E-state index in [0.29, 0.717) is 18.6 Å². The molecule has 1 aromatic carbocycles. The lowest BCUT2D eigenvalue weighted by molar-refractivity contribution is 0.244. The third-order valence-corrected chi connectivity index (χ3v) is 3.27. The van der Waals surface area contributed by atoms with Crippen LogP contribution in [-0.4, -0.2) is 12.6 Å². The van der Waals surface area contributed by atoms with Gasteiger partial charge in [-0.2, -0.15) is 0 Å². The molecular formula is C14H24N2O. The molecule has 1 rings (SSSR count). The minimum Gasteiger partial charge on any atom is -0.494 e. The molecule has 3 heteroatoms. The van der Waals surface area contributed by atoms with Crippen molar-refractivity contribution in [2.24, 2.45) is 11.8 Å². The summed E-state index contributed by atoms with van der Waals surface area (Å²) >= 11 is 0. The largest absolute Gasteiger partial charge is 0.494 e. The van der Waals surface area contributed by atoms with Crippen molar-refractivity contribution >= 4 is 0 Å². The number of benzene rings is 1. The highest BCUT2D eigenvalue weighted by molar-refractivity contribution is 5.20. The summed E-state index contributed by atoms with van der Waals surface area (Å²) in [5.74, 6) is 7.15. The van der Waals surface area contributed by atoms with E-state index in [2.05, 4.69) is 19.3 Å². The minimum atomic E-state index is 0.341. The molecule has 0 aromatic heterocycles. The number of hydrogen-bond acceptors (Lipinski definition) is 3. The molecule has 0 aliphatic carbocycles. The second-order valence-corrected chi connectivity index (χ2v) is 4.30. The van der Waals surface area contributed by atoms with Gasteiger partial charge in [-0.15, -0.1) is 0 Å². The van der Waals surface area contributed by atoms with Crippen LogP contribution in [0.15, 0.2) is 30.3 Å². The van der Waals surface area contributed by atoms with Gasteiger partial charge in [0, 0.05) is 6.04 Å². The molecular weight excluding hydrogens is 212 g/mol. The zero-order valence-corrected chi connectivity index (χ0v) is 10.9. The summed E-state index contributed by atoms with van der Waals surface area (Å²) in [7, 11) is 0. The van der Waals surface area contributed by atoms with Crippen molar-refractivity contribution in [2.75, 3.05) is 6.61 Å². The number of nitrogens with one attached hydrogen (secondary N) is 1. The first-order valence-electron chi connectivity index (χ1n) is 6.45. The molecule has 0 saturated heterocycles. The molecule has 0 spiro atoms. The van der Waals surface area contributed by atoms with E-state index in [1.165, 1.54) is 0 Å². The average Bonchev–Trinajstić information content (AvgIpc) is 2.39. The van der Waals surface area contributed by atoms with Crippen LogP contribution in [0.3, 0.4) is 0 Å². The highest BCUT2D eigenvalue weighted by Gasteiger charge is 2.16. The van der Waals surface area contributed by atoms with Crippen molar-refractivity contribution in [3.8, 4) is 5.75 Å². The first-order chi connectivity index (χ1) is 8.31. The van der Waals surface area contributed by atoms with Crippen LogP contribution in [0.5, 0.6) is 5.75 Å². The van der Waals surface area contributed by atoms with Gasteiger partial charge >= 0.3 is 0 Å². The lowest BCUT2D eigenvalue weighted by Crippen LogP contribution is -2.41. The number of ether oxygens (including phenoxy) is 1. The molecule has 0 amide bonds. The van der Waals surface area contributed by atoms with E-state index in [-0.39, 0.29) is 0 Å². The quantitative estimate of drug-likeness (QED) is 0.539. The van der Waals surface area contributed by atoms with E-state index in [9.17, 15) is 0 Å². The van der Waals surface area contributed by atoms with Crippen LogP contribution in [-0.2, 0) is 0 Å². The molecule has 96 valence electrons. The Balaban J connectivity index is 2.33. The summed E-state index contributed by atoms with van der Waals surface area (Å²) in [6.07, 6.45) is 3.24. The first-order valence-corrected chi connectivity index (χ1v) is 6.45. The number of nitrogens with two attached hydrogens (primary N) is 1. The second-order valence-electron chi connectivity index (χ2n) is 4.30. The van der Waals surface area contributed by atoms with Crippen molar-refractivity contribution in [3.63, 3.8) is 0 Å². The van der Waals surface area contributed by atoms with Crippen LogP contribution in [0, 0.1) is 5.92 Å². The number of hydrazine groups is 1. The van der Waals surface area contributed by atoms with Gasteiger partial charge in [0.1, 0.15) is 5.75 Å². The van der Waals surface area contributed by atoms with Crippen LogP contribution in [0.4, 0.5) is 0 Å². The predicted molar refractivity (Wildman–Crippen MR) is 71.7 cm³/mol. The average molecular weight is 236 g/mol. The molecule has 0 saturated carbocycles. The van der Waals surface area contributed by atoms with Gasteiger partial charge in [-0.05, 0) is 24.5 Å². The molecule has 1 unspecified atom stereocenters.